The van der Waals surface area contributed by atoms with E-state index in [4.69, 9.17) is 0 Å². The lowest BCUT2D eigenvalue weighted by molar-refractivity contribution is -0.138. The van der Waals surface area contributed by atoms with Gasteiger partial charge in [-0.05, 0) is 59.2 Å². The Morgan fingerprint density at radius 2 is 1.23 bits per heavy atom. The zero-order chi connectivity index (χ0) is 19.7. The van der Waals surface area contributed by atoms with Gasteiger partial charge in [0.15, 0.2) is 0 Å². The van der Waals surface area contributed by atoms with Crippen LogP contribution in [-0.4, -0.2) is 0 Å². The summed E-state index contributed by atoms with van der Waals surface area (Å²) in [5, 5.41) is 0. The quantitative estimate of drug-likeness (QED) is 0.497. The van der Waals surface area contributed by atoms with E-state index >= 15 is 0 Å². The second-order valence-corrected chi connectivity index (χ2v) is 6.84. The summed E-state index contributed by atoms with van der Waals surface area (Å²) in [6.07, 6.45) is -8.53. The molecule has 26 heavy (non-hydrogen) atoms. The molecule has 0 radical (unpaired) electrons. The third-order valence-corrected chi connectivity index (χ3v) is 4.36. The average molecular weight is 374 g/mol. The van der Waals surface area contributed by atoms with Crippen LogP contribution in [-0.2, 0) is 18.8 Å². The van der Waals surface area contributed by atoms with Gasteiger partial charge < -0.3 is 0 Å². The van der Waals surface area contributed by atoms with E-state index in [-0.39, 0.29) is 11.8 Å². The summed E-state index contributed by atoms with van der Waals surface area (Å²) in [7, 11) is 0. The van der Waals surface area contributed by atoms with Gasteiger partial charge in [0.25, 0.3) is 0 Å². The maximum Gasteiger partial charge on any atom is 0.416 e. The van der Waals surface area contributed by atoms with Crippen molar-refractivity contribution in [1.29, 1.82) is 0 Å². The minimum absolute atomic E-state index is 0.0579. The topological polar surface area (TPSA) is 0 Å². The van der Waals surface area contributed by atoms with Gasteiger partial charge in [-0.1, -0.05) is 39.0 Å². The molecule has 0 aliphatic heterocycles. The molecule has 0 saturated carbocycles. The molecule has 1 atom stereocenters. The van der Waals surface area contributed by atoms with E-state index in [0.717, 1.165) is 24.3 Å². The van der Waals surface area contributed by atoms with Crippen LogP contribution in [0.3, 0.4) is 0 Å². The SMILES string of the molecule is CC(C)c1cc(CC(C)c2ccc(C(F)(F)F)cc2)cc(C(F)(F)F)c1. The van der Waals surface area contributed by atoms with Gasteiger partial charge >= 0.3 is 12.4 Å². The van der Waals surface area contributed by atoms with Crippen LogP contribution in [0.15, 0.2) is 42.5 Å². The Kier molecular flexibility index (Phi) is 5.73. The first-order valence-corrected chi connectivity index (χ1v) is 8.26. The Labute approximate surface area is 148 Å². The smallest absolute Gasteiger partial charge is 0.166 e. The van der Waals surface area contributed by atoms with Crippen LogP contribution in [0.2, 0.25) is 0 Å². The van der Waals surface area contributed by atoms with Gasteiger partial charge in [-0.3, -0.25) is 0 Å². The minimum atomic E-state index is -4.43. The Balaban J connectivity index is 2.28. The van der Waals surface area contributed by atoms with Crippen LogP contribution >= 0.6 is 0 Å². The molecule has 0 saturated heterocycles. The van der Waals surface area contributed by atoms with Crippen LogP contribution in [0.25, 0.3) is 0 Å². The summed E-state index contributed by atoms with van der Waals surface area (Å²) in [5.74, 6) is -0.266. The van der Waals surface area contributed by atoms with Gasteiger partial charge in [0.05, 0.1) is 11.1 Å². The normalized spacial score (nSPS) is 13.9. The number of alkyl halides is 6. The molecule has 0 amide bonds. The first kappa shape index (κ1) is 20.3. The number of hydrogen-bond acceptors (Lipinski definition) is 0. The lowest BCUT2D eigenvalue weighted by Crippen LogP contribution is -2.09. The molecule has 0 nitrogen and oxygen atoms in total. The van der Waals surface area contributed by atoms with E-state index in [0.29, 0.717) is 23.1 Å². The van der Waals surface area contributed by atoms with E-state index in [1.807, 2.05) is 13.8 Å². The van der Waals surface area contributed by atoms with Crippen molar-refractivity contribution in [2.24, 2.45) is 0 Å². The lowest BCUT2D eigenvalue weighted by atomic mass is 9.90. The molecular weight excluding hydrogens is 354 g/mol. The van der Waals surface area contributed by atoms with Crippen molar-refractivity contribution in [1.82, 2.24) is 0 Å². The maximum atomic E-state index is 13.1. The fraction of sp³-hybridized carbons (Fsp3) is 0.400. The standard InChI is InChI=1S/C20H20F6/c1-12(2)16-9-14(10-18(11-16)20(24,25)26)8-13(3)15-4-6-17(7-5-15)19(21,22)23/h4-7,9-13H,8H2,1-3H3. The highest BCUT2D eigenvalue weighted by Gasteiger charge is 2.32. The molecule has 0 fully saturated rings. The number of benzene rings is 2. The van der Waals surface area contributed by atoms with Crippen LogP contribution in [0.5, 0.6) is 0 Å². The number of halogens is 6. The predicted octanol–water partition coefficient (Wildman–Crippen LogP) is 7.19. The monoisotopic (exact) mass is 374 g/mol. The van der Waals surface area contributed by atoms with Gasteiger partial charge in [0.1, 0.15) is 0 Å². The van der Waals surface area contributed by atoms with Gasteiger partial charge in [-0.15, -0.1) is 0 Å². The lowest BCUT2D eigenvalue weighted by Gasteiger charge is -2.17. The first-order valence-electron chi connectivity index (χ1n) is 8.26. The van der Waals surface area contributed by atoms with Crippen LogP contribution in [0, 0.1) is 0 Å². The fourth-order valence-electron chi connectivity index (χ4n) is 2.81. The first-order chi connectivity index (χ1) is 11.9. The molecule has 0 N–H and O–H groups in total. The highest BCUT2D eigenvalue weighted by atomic mass is 19.4. The van der Waals surface area contributed by atoms with E-state index < -0.39 is 23.5 Å². The highest BCUT2D eigenvalue weighted by molar-refractivity contribution is 5.35. The minimum Gasteiger partial charge on any atom is -0.166 e. The van der Waals surface area contributed by atoms with E-state index in [9.17, 15) is 26.3 Å². The zero-order valence-electron chi connectivity index (χ0n) is 14.7. The molecule has 0 spiro atoms. The second-order valence-electron chi connectivity index (χ2n) is 6.84. The molecule has 1 unspecified atom stereocenters. The van der Waals surface area contributed by atoms with E-state index in [2.05, 4.69) is 0 Å². The van der Waals surface area contributed by atoms with Crippen molar-refractivity contribution in [3.8, 4) is 0 Å². The van der Waals surface area contributed by atoms with Crippen molar-refractivity contribution in [2.45, 2.75) is 51.4 Å². The van der Waals surface area contributed by atoms with Crippen molar-refractivity contribution in [3.05, 3.63) is 70.3 Å². The summed E-state index contributed by atoms with van der Waals surface area (Å²) in [6.45, 7) is 5.43. The Morgan fingerprint density at radius 3 is 1.69 bits per heavy atom. The molecular formula is C20H20F6. The van der Waals surface area contributed by atoms with Gasteiger partial charge in [0, 0.05) is 0 Å². The van der Waals surface area contributed by atoms with Crippen molar-refractivity contribution in [2.75, 3.05) is 0 Å². The van der Waals surface area contributed by atoms with Crippen LogP contribution < -0.4 is 0 Å². The summed E-state index contributed by atoms with van der Waals surface area (Å²) in [5.41, 5.74) is 0.333. The molecule has 0 aliphatic carbocycles. The summed E-state index contributed by atoms with van der Waals surface area (Å²) >= 11 is 0. The second kappa shape index (κ2) is 7.33. The predicted molar refractivity (Wildman–Crippen MR) is 89.1 cm³/mol. The van der Waals surface area contributed by atoms with Crippen LogP contribution in [0.1, 0.15) is 60.4 Å². The summed E-state index contributed by atoms with van der Waals surface area (Å²) in [4.78, 5) is 0. The highest BCUT2D eigenvalue weighted by Crippen LogP contribution is 2.34. The largest absolute Gasteiger partial charge is 0.416 e. The van der Waals surface area contributed by atoms with E-state index in [1.54, 1.807) is 13.0 Å². The molecule has 0 heterocycles. The summed E-state index contributed by atoms with van der Waals surface area (Å²) in [6, 6.07) is 8.76. The molecule has 6 heteroatoms. The third-order valence-electron chi connectivity index (χ3n) is 4.36. The Morgan fingerprint density at radius 1 is 0.692 bits per heavy atom. The molecule has 0 aromatic heterocycles. The molecule has 0 bridgehead atoms. The van der Waals surface area contributed by atoms with Crippen molar-refractivity contribution in [3.63, 3.8) is 0 Å². The van der Waals surface area contributed by atoms with Gasteiger partial charge in [-0.2, -0.15) is 26.3 Å². The number of rotatable bonds is 4. The molecule has 2 aromatic rings. The number of hydrogen-bond donors (Lipinski definition) is 0. The Bertz CT molecular complexity index is 738. The van der Waals surface area contributed by atoms with Gasteiger partial charge in [0.2, 0.25) is 0 Å². The summed E-state index contributed by atoms with van der Waals surface area (Å²) < 4.78 is 77.3. The zero-order valence-corrected chi connectivity index (χ0v) is 14.7. The Hall–Kier alpha value is -1.98. The molecule has 0 aliphatic rings. The molecule has 2 rings (SSSR count). The third kappa shape index (κ3) is 5.02. The van der Waals surface area contributed by atoms with Crippen LogP contribution in [0.4, 0.5) is 26.3 Å². The average Bonchev–Trinajstić information content (AvgIpc) is 2.53. The van der Waals surface area contributed by atoms with Crippen molar-refractivity contribution >= 4 is 0 Å². The molecule has 2 aromatic carbocycles. The van der Waals surface area contributed by atoms with Crippen molar-refractivity contribution < 1.29 is 26.3 Å². The maximum absolute atomic E-state index is 13.1. The fourth-order valence-corrected chi connectivity index (χ4v) is 2.81. The van der Waals surface area contributed by atoms with E-state index in [1.165, 1.54) is 12.1 Å². The van der Waals surface area contributed by atoms with Gasteiger partial charge in [-0.25, -0.2) is 0 Å². The molecule has 142 valence electrons.